The molecule has 0 radical (unpaired) electrons. The van der Waals surface area contributed by atoms with Crippen LogP contribution < -0.4 is 10.6 Å². The van der Waals surface area contributed by atoms with E-state index in [0.29, 0.717) is 0 Å². The van der Waals surface area contributed by atoms with Crippen molar-refractivity contribution in [1.29, 1.82) is 0 Å². The van der Waals surface area contributed by atoms with E-state index < -0.39 is 0 Å². The standard InChI is InChI=1S/C13H20N2/c1-2-11-4-3-5-12(6-11)7-14-8-13-9-15-10-13/h3-6,13-15H,2,7-10H2,1H3. The lowest BCUT2D eigenvalue weighted by Crippen LogP contribution is -2.47. The monoisotopic (exact) mass is 204 g/mol. The Labute approximate surface area is 92.1 Å². The van der Waals surface area contributed by atoms with Gasteiger partial charge in [0.25, 0.3) is 0 Å². The molecule has 2 N–H and O–H groups in total. The molecule has 1 aliphatic rings. The van der Waals surface area contributed by atoms with Gasteiger partial charge in [0.05, 0.1) is 0 Å². The summed E-state index contributed by atoms with van der Waals surface area (Å²) < 4.78 is 0. The molecule has 0 spiro atoms. The average Bonchev–Trinajstić information content (AvgIpc) is 2.22. The first-order chi connectivity index (χ1) is 7.38. The Hall–Kier alpha value is -0.860. The van der Waals surface area contributed by atoms with Crippen LogP contribution in [0, 0.1) is 5.92 Å². The lowest BCUT2D eigenvalue weighted by molar-refractivity contribution is 0.331. The molecule has 1 aromatic carbocycles. The van der Waals surface area contributed by atoms with Crippen LogP contribution in [0.3, 0.4) is 0 Å². The SMILES string of the molecule is CCc1cccc(CNCC2CNC2)c1. The van der Waals surface area contributed by atoms with Crippen LogP contribution in [-0.2, 0) is 13.0 Å². The zero-order chi connectivity index (χ0) is 10.5. The molecule has 1 aromatic rings. The summed E-state index contributed by atoms with van der Waals surface area (Å²) in [5.74, 6) is 0.847. The van der Waals surface area contributed by atoms with Crippen LogP contribution in [-0.4, -0.2) is 19.6 Å². The first-order valence-corrected chi connectivity index (χ1v) is 5.87. The Balaban J connectivity index is 1.76. The van der Waals surface area contributed by atoms with Crippen molar-refractivity contribution in [2.45, 2.75) is 19.9 Å². The summed E-state index contributed by atoms with van der Waals surface area (Å²) in [6.45, 7) is 6.71. The summed E-state index contributed by atoms with van der Waals surface area (Å²) in [6, 6.07) is 8.84. The molecule has 0 aliphatic carbocycles. The van der Waals surface area contributed by atoms with Crippen molar-refractivity contribution < 1.29 is 0 Å². The van der Waals surface area contributed by atoms with Gasteiger partial charge in [-0.3, -0.25) is 0 Å². The minimum Gasteiger partial charge on any atom is -0.316 e. The van der Waals surface area contributed by atoms with E-state index in [-0.39, 0.29) is 0 Å². The molecule has 0 aromatic heterocycles. The fourth-order valence-corrected chi connectivity index (χ4v) is 1.87. The molecule has 2 nitrogen and oxygen atoms in total. The summed E-state index contributed by atoms with van der Waals surface area (Å²) in [6.07, 6.45) is 1.13. The minimum absolute atomic E-state index is 0.847. The van der Waals surface area contributed by atoms with E-state index in [9.17, 15) is 0 Å². The zero-order valence-corrected chi connectivity index (χ0v) is 9.42. The second-order valence-electron chi connectivity index (χ2n) is 4.33. The van der Waals surface area contributed by atoms with E-state index in [0.717, 1.165) is 25.4 Å². The second-order valence-corrected chi connectivity index (χ2v) is 4.33. The third-order valence-corrected chi connectivity index (χ3v) is 3.03. The summed E-state index contributed by atoms with van der Waals surface area (Å²) in [5, 5.41) is 6.80. The predicted molar refractivity (Wildman–Crippen MR) is 63.9 cm³/mol. The highest BCUT2D eigenvalue weighted by molar-refractivity contribution is 5.23. The number of nitrogens with one attached hydrogen (secondary N) is 2. The maximum absolute atomic E-state index is 3.51. The van der Waals surface area contributed by atoms with Gasteiger partial charge >= 0.3 is 0 Å². The van der Waals surface area contributed by atoms with Crippen molar-refractivity contribution in [3.05, 3.63) is 35.4 Å². The van der Waals surface area contributed by atoms with Gasteiger partial charge in [-0.25, -0.2) is 0 Å². The average molecular weight is 204 g/mol. The van der Waals surface area contributed by atoms with E-state index >= 15 is 0 Å². The Morgan fingerprint density at radius 1 is 1.33 bits per heavy atom. The van der Waals surface area contributed by atoms with Crippen molar-refractivity contribution in [3.63, 3.8) is 0 Å². The van der Waals surface area contributed by atoms with Gasteiger partial charge < -0.3 is 10.6 Å². The molecule has 1 fully saturated rings. The summed E-state index contributed by atoms with van der Waals surface area (Å²) >= 11 is 0. The lowest BCUT2D eigenvalue weighted by atomic mass is 10.0. The summed E-state index contributed by atoms with van der Waals surface area (Å²) in [7, 11) is 0. The number of hydrogen-bond acceptors (Lipinski definition) is 2. The van der Waals surface area contributed by atoms with Gasteiger partial charge in [0.2, 0.25) is 0 Å². The van der Waals surface area contributed by atoms with Crippen LogP contribution in [0.5, 0.6) is 0 Å². The number of aryl methyl sites for hydroxylation is 1. The van der Waals surface area contributed by atoms with Crippen molar-refractivity contribution in [3.8, 4) is 0 Å². The van der Waals surface area contributed by atoms with Crippen molar-refractivity contribution >= 4 is 0 Å². The highest BCUT2D eigenvalue weighted by Gasteiger charge is 2.15. The van der Waals surface area contributed by atoms with E-state index in [1.807, 2.05) is 0 Å². The Kier molecular flexibility index (Phi) is 3.75. The highest BCUT2D eigenvalue weighted by Crippen LogP contribution is 2.06. The molecule has 0 amide bonds. The van der Waals surface area contributed by atoms with Crippen LogP contribution in [0.1, 0.15) is 18.1 Å². The third kappa shape index (κ3) is 3.05. The second kappa shape index (κ2) is 5.29. The smallest absolute Gasteiger partial charge is 0.0205 e. The largest absolute Gasteiger partial charge is 0.316 e. The fourth-order valence-electron chi connectivity index (χ4n) is 1.87. The maximum atomic E-state index is 3.51. The number of hydrogen-bond donors (Lipinski definition) is 2. The van der Waals surface area contributed by atoms with Crippen LogP contribution >= 0.6 is 0 Å². The van der Waals surface area contributed by atoms with E-state index in [4.69, 9.17) is 0 Å². The van der Waals surface area contributed by atoms with Gasteiger partial charge in [-0.05, 0) is 23.5 Å². The Morgan fingerprint density at radius 2 is 2.13 bits per heavy atom. The molecule has 0 unspecified atom stereocenters. The van der Waals surface area contributed by atoms with Gasteiger partial charge in [-0.2, -0.15) is 0 Å². The van der Waals surface area contributed by atoms with Crippen molar-refractivity contribution in [1.82, 2.24) is 10.6 Å². The third-order valence-electron chi connectivity index (χ3n) is 3.03. The Bertz CT molecular complexity index is 305. The molecule has 82 valence electrons. The normalized spacial score (nSPS) is 16.3. The number of rotatable bonds is 5. The zero-order valence-electron chi connectivity index (χ0n) is 9.42. The lowest BCUT2D eigenvalue weighted by Gasteiger charge is -2.27. The van der Waals surface area contributed by atoms with E-state index in [2.05, 4.69) is 41.8 Å². The van der Waals surface area contributed by atoms with Crippen molar-refractivity contribution in [2.24, 2.45) is 5.92 Å². The van der Waals surface area contributed by atoms with E-state index in [1.54, 1.807) is 0 Å². The van der Waals surface area contributed by atoms with Gasteiger partial charge in [0, 0.05) is 26.2 Å². The fraction of sp³-hybridized carbons (Fsp3) is 0.538. The van der Waals surface area contributed by atoms with Gasteiger partial charge in [-0.1, -0.05) is 31.2 Å². The topological polar surface area (TPSA) is 24.1 Å². The minimum atomic E-state index is 0.847. The molecule has 2 heteroatoms. The molecule has 2 rings (SSSR count). The predicted octanol–water partition coefficient (Wildman–Crippen LogP) is 1.56. The van der Waals surface area contributed by atoms with Gasteiger partial charge in [-0.15, -0.1) is 0 Å². The van der Waals surface area contributed by atoms with Crippen molar-refractivity contribution in [2.75, 3.05) is 19.6 Å². The van der Waals surface area contributed by atoms with Crippen LogP contribution in [0.25, 0.3) is 0 Å². The molecule has 0 saturated carbocycles. The first kappa shape index (κ1) is 10.7. The summed E-state index contributed by atoms with van der Waals surface area (Å²) in [5.41, 5.74) is 2.83. The molecular weight excluding hydrogens is 184 g/mol. The number of benzene rings is 1. The quantitative estimate of drug-likeness (QED) is 0.760. The molecule has 0 bridgehead atoms. The van der Waals surface area contributed by atoms with Crippen LogP contribution in [0.2, 0.25) is 0 Å². The summed E-state index contributed by atoms with van der Waals surface area (Å²) in [4.78, 5) is 0. The van der Waals surface area contributed by atoms with Crippen LogP contribution in [0.15, 0.2) is 24.3 Å². The molecule has 15 heavy (non-hydrogen) atoms. The van der Waals surface area contributed by atoms with Crippen LogP contribution in [0.4, 0.5) is 0 Å². The maximum Gasteiger partial charge on any atom is 0.0205 e. The van der Waals surface area contributed by atoms with E-state index in [1.165, 1.54) is 24.2 Å². The molecule has 1 saturated heterocycles. The van der Waals surface area contributed by atoms with Gasteiger partial charge in [0.15, 0.2) is 0 Å². The first-order valence-electron chi connectivity index (χ1n) is 5.87. The highest BCUT2D eigenvalue weighted by atomic mass is 15.0. The molecule has 0 atom stereocenters. The Morgan fingerprint density at radius 3 is 2.80 bits per heavy atom. The molecule has 1 aliphatic heterocycles. The van der Waals surface area contributed by atoms with Gasteiger partial charge in [0.1, 0.15) is 0 Å². The molecular formula is C13H20N2. The molecule has 1 heterocycles.